The molecule has 0 atom stereocenters. The molecule has 0 saturated heterocycles. The highest BCUT2D eigenvalue weighted by Gasteiger charge is 2.15. The fourth-order valence-electron chi connectivity index (χ4n) is 2.41. The van der Waals surface area contributed by atoms with Gasteiger partial charge in [0.25, 0.3) is 0 Å². The number of hydrogen-bond acceptors (Lipinski definition) is 4. The lowest BCUT2D eigenvalue weighted by molar-refractivity contribution is -0.122. The Balaban J connectivity index is 1.69. The number of aryl methyl sites for hydroxylation is 1. The van der Waals surface area contributed by atoms with Crippen LogP contribution in [0.2, 0.25) is 0 Å². The third-order valence-corrected chi connectivity index (χ3v) is 3.84. The number of nitrogens with one attached hydrogen (secondary N) is 1. The van der Waals surface area contributed by atoms with Crippen LogP contribution in [0.5, 0.6) is 0 Å². The van der Waals surface area contributed by atoms with Crippen molar-refractivity contribution in [3.05, 3.63) is 70.3 Å². The van der Waals surface area contributed by atoms with Gasteiger partial charge in [-0.1, -0.05) is 35.9 Å². The average Bonchev–Trinajstić information content (AvgIpc) is 2.90. The van der Waals surface area contributed by atoms with Crippen LogP contribution in [0.25, 0.3) is 11.5 Å². The van der Waals surface area contributed by atoms with Crippen LogP contribution in [0.4, 0.5) is 0 Å². The Bertz CT molecular complexity index is 926. The molecule has 0 aliphatic heterocycles. The number of rotatable bonds is 5. The largest absolute Gasteiger partial charge is 0.350 e. The second-order valence-corrected chi connectivity index (χ2v) is 5.80. The molecule has 2 heterocycles. The first-order chi connectivity index (χ1) is 12.0. The van der Waals surface area contributed by atoms with Gasteiger partial charge in [0.05, 0.1) is 0 Å². The minimum absolute atomic E-state index is 0.134. The number of benzene rings is 1. The maximum atomic E-state index is 12.3. The molecule has 0 bridgehead atoms. The lowest BCUT2D eigenvalue weighted by Gasteiger charge is -2.05. The van der Waals surface area contributed by atoms with Gasteiger partial charge in [-0.15, -0.1) is 5.10 Å². The van der Waals surface area contributed by atoms with Crippen LogP contribution in [-0.4, -0.2) is 25.2 Å². The maximum Gasteiger partial charge on any atom is 0.346 e. The van der Waals surface area contributed by atoms with E-state index in [-0.39, 0.29) is 18.1 Å². The van der Waals surface area contributed by atoms with Crippen molar-refractivity contribution in [3.8, 4) is 11.5 Å². The lowest BCUT2D eigenvalue weighted by atomic mass is 10.1. The van der Waals surface area contributed by atoms with Crippen molar-refractivity contribution in [3.63, 3.8) is 0 Å². The number of nitrogens with zero attached hydrogens (tertiary/aromatic N) is 4. The third-order valence-electron chi connectivity index (χ3n) is 3.84. The molecule has 25 heavy (non-hydrogen) atoms. The molecule has 1 N–H and O–H groups in total. The zero-order chi connectivity index (χ0) is 17.8. The topological polar surface area (TPSA) is 81.8 Å². The predicted molar refractivity (Wildman–Crippen MR) is 93.7 cm³/mol. The van der Waals surface area contributed by atoms with Crippen molar-refractivity contribution in [1.29, 1.82) is 0 Å². The molecule has 0 fully saturated rings. The second kappa shape index (κ2) is 7.12. The van der Waals surface area contributed by atoms with Gasteiger partial charge in [0, 0.05) is 19.8 Å². The van der Waals surface area contributed by atoms with E-state index in [1.54, 1.807) is 25.4 Å². The van der Waals surface area contributed by atoms with Crippen LogP contribution >= 0.6 is 0 Å². The monoisotopic (exact) mass is 337 g/mol. The first kappa shape index (κ1) is 16.6. The Morgan fingerprint density at radius 3 is 2.60 bits per heavy atom. The van der Waals surface area contributed by atoms with Gasteiger partial charge in [-0.25, -0.2) is 9.48 Å². The highest BCUT2D eigenvalue weighted by atomic mass is 16.2. The summed E-state index contributed by atoms with van der Waals surface area (Å²) in [6, 6.07) is 13.3. The molecule has 7 nitrogen and oxygen atoms in total. The molecule has 0 spiro atoms. The first-order valence-corrected chi connectivity index (χ1v) is 7.92. The molecule has 0 aliphatic carbocycles. The Morgan fingerprint density at radius 2 is 1.92 bits per heavy atom. The smallest absolute Gasteiger partial charge is 0.346 e. The molecule has 0 radical (unpaired) electrons. The molecule has 3 rings (SSSR count). The molecule has 0 aliphatic rings. The SMILES string of the molecule is Cc1ccc(CNC(=O)Cn2nc(-c3ccccn3)n(C)c2=O)cc1. The van der Waals surface area contributed by atoms with Gasteiger partial charge in [0.2, 0.25) is 5.91 Å². The molecule has 0 saturated carbocycles. The molecule has 3 aromatic rings. The Morgan fingerprint density at radius 1 is 1.16 bits per heavy atom. The number of pyridine rings is 1. The quantitative estimate of drug-likeness (QED) is 0.760. The van der Waals surface area contributed by atoms with E-state index in [0.29, 0.717) is 18.1 Å². The predicted octanol–water partition coefficient (Wildman–Crippen LogP) is 1.27. The molecule has 7 heteroatoms. The Hall–Kier alpha value is -3.22. The van der Waals surface area contributed by atoms with Crippen molar-refractivity contribution in [2.45, 2.75) is 20.0 Å². The summed E-state index contributed by atoms with van der Waals surface area (Å²) in [6.07, 6.45) is 1.63. The van der Waals surface area contributed by atoms with Gasteiger partial charge >= 0.3 is 5.69 Å². The van der Waals surface area contributed by atoms with Crippen molar-refractivity contribution in [1.82, 2.24) is 24.6 Å². The van der Waals surface area contributed by atoms with Crippen molar-refractivity contribution < 1.29 is 4.79 Å². The molecular formula is C18H19N5O2. The summed E-state index contributed by atoms with van der Waals surface area (Å²) in [5.41, 5.74) is 2.39. The van der Waals surface area contributed by atoms with Crippen molar-refractivity contribution in [2.75, 3.05) is 0 Å². The summed E-state index contributed by atoms with van der Waals surface area (Å²) < 4.78 is 2.53. The molecule has 128 valence electrons. The number of amides is 1. The minimum atomic E-state index is -0.355. The Kier molecular flexibility index (Phi) is 4.74. The van der Waals surface area contributed by atoms with E-state index in [2.05, 4.69) is 15.4 Å². The van der Waals surface area contributed by atoms with E-state index in [1.165, 1.54) is 4.57 Å². The van der Waals surface area contributed by atoms with Gasteiger partial charge in [-0.3, -0.25) is 14.3 Å². The molecule has 2 aromatic heterocycles. The number of carbonyl (C=O) groups excluding carboxylic acids is 1. The number of hydrogen-bond donors (Lipinski definition) is 1. The summed E-state index contributed by atoms with van der Waals surface area (Å²) >= 11 is 0. The molecule has 1 aromatic carbocycles. The summed E-state index contributed by atoms with van der Waals surface area (Å²) in [5.74, 6) is 0.158. The number of aromatic nitrogens is 4. The standard InChI is InChI=1S/C18H19N5O2/c1-13-6-8-14(9-7-13)11-20-16(24)12-23-18(25)22(2)17(21-23)15-5-3-4-10-19-15/h3-10H,11-12H2,1-2H3,(H,20,24). The van der Waals surface area contributed by atoms with Gasteiger partial charge in [-0.05, 0) is 24.6 Å². The third kappa shape index (κ3) is 3.82. The second-order valence-electron chi connectivity index (χ2n) is 5.80. The summed E-state index contributed by atoms with van der Waals surface area (Å²) in [6.45, 7) is 2.29. The van der Waals surface area contributed by atoms with E-state index >= 15 is 0 Å². The fraction of sp³-hybridized carbons (Fsp3) is 0.222. The average molecular weight is 337 g/mol. The van der Waals surface area contributed by atoms with E-state index in [1.807, 2.05) is 37.3 Å². The van der Waals surface area contributed by atoms with Crippen LogP contribution in [0.3, 0.4) is 0 Å². The van der Waals surface area contributed by atoms with Crippen LogP contribution < -0.4 is 11.0 Å². The summed E-state index contributed by atoms with van der Waals surface area (Å²) in [5, 5.41) is 7.03. The highest BCUT2D eigenvalue weighted by Crippen LogP contribution is 2.10. The van der Waals surface area contributed by atoms with Gasteiger partial charge in [0.1, 0.15) is 12.2 Å². The van der Waals surface area contributed by atoms with Crippen molar-refractivity contribution >= 4 is 5.91 Å². The normalized spacial score (nSPS) is 10.6. The summed E-state index contributed by atoms with van der Waals surface area (Å²) in [7, 11) is 1.61. The highest BCUT2D eigenvalue weighted by molar-refractivity contribution is 5.75. The zero-order valence-electron chi connectivity index (χ0n) is 14.1. The van der Waals surface area contributed by atoms with E-state index in [0.717, 1.165) is 15.8 Å². The summed E-state index contributed by atoms with van der Waals surface area (Å²) in [4.78, 5) is 28.6. The number of carbonyl (C=O) groups is 1. The molecule has 1 amide bonds. The zero-order valence-corrected chi connectivity index (χ0v) is 14.1. The fourth-order valence-corrected chi connectivity index (χ4v) is 2.41. The minimum Gasteiger partial charge on any atom is -0.350 e. The van der Waals surface area contributed by atoms with E-state index in [4.69, 9.17) is 0 Å². The lowest BCUT2D eigenvalue weighted by Crippen LogP contribution is -2.33. The van der Waals surface area contributed by atoms with E-state index in [9.17, 15) is 9.59 Å². The van der Waals surface area contributed by atoms with Crippen LogP contribution in [0.15, 0.2) is 53.5 Å². The molecule has 0 unspecified atom stereocenters. The van der Waals surface area contributed by atoms with Crippen molar-refractivity contribution in [2.24, 2.45) is 7.05 Å². The van der Waals surface area contributed by atoms with Crippen LogP contribution in [0, 0.1) is 6.92 Å². The maximum absolute atomic E-state index is 12.3. The van der Waals surface area contributed by atoms with Gasteiger partial charge in [0.15, 0.2) is 5.82 Å². The van der Waals surface area contributed by atoms with Gasteiger partial charge < -0.3 is 5.32 Å². The van der Waals surface area contributed by atoms with Crippen LogP contribution in [-0.2, 0) is 24.9 Å². The molecular weight excluding hydrogens is 318 g/mol. The first-order valence-electron chi connectivity index (χ1n) is 7.92. The Labute approximate surface area is 144 Å². The van der Waals surface area contributed by atoms with E-state index < -0.39 is 0 Å². The van der Waals surface area contributed by atoms with Crippen LogP contribution in [0.1, 0.15) is 11.1 Å². The van der Waals surface area contributed by atoms with Gasteiger partial charge in [-0.2, -0.15) is 0 Å².